The molecule has 2 atom stereocenters. The summed E-state index contributed by atoms with van der Waals surface area (Å²) in [5, 5.41) is 19.4. The molecule has 1 aromatic carbocycles. The maximum Gasteiger partial charge on any atom is 0.160 e. The number of likely N-dealkylation sites (N-methyl/N-ethyl adjacent to an activating group) is 1. The Kier molecular flexibility index (Phi) is 2.11. The first-order valence-corrected chi connectivity index (χ1v) is 5.89. The fourth-order valence-corrected chi connectivity index (χ4v) is 3.31. The van der Waals surface area contributed by atoms with E-state index in [1.165, 1.54) is 5.56 Å². The fraction of sp³-hybridized carbons (Fsp3) is 0.538. The second-order valence-electron chi connectivity index (χ2n) is 5.13. The number of nitrogens with zero attached hydrogens (tertiary/aromatic N) is 1. The molecule has 0 amide bonds. The Labute approximate surface area is 95.3 Å². The van der Waals surface area contributed by atoms with E-state index in [1.54, 1.807) is 6.07 Å². The van der Waals surface area contributed by atoms with Crippen LogP contribution in [0.25, 0.3) is 0 Å². The fourth-order valence-electron chi connectivity index (χ4n) is 3.31. The molecule has 1 aliphatic heterocycles. The van der Waals surface area contributed by atoms with E-state index in [1.807, 2.05) is 6.07 Å². The SMILES string of the molecule is CN1C[C@@H]2CCc3c(ccc(O)c3O)[C@@H]2C1. The Balaban J connectivity index is 2.07. The second-order valence-corrected chi connectivity index (χ2v) is 5.13. The third-order valence-corrected chi connectivity index (χ3v) is 4.09. The zero-order valence-electron chi connectivity index (χ0n) is 9.48. The lowest BCUT2D eigenvalue weighted by Gasteiger charge is -2.28. The van der Waals surface area contributed by atoms with Crippen LogP contribution in [0.4, 0.5) is 0 Å². The molecule has 0 bridgehead atoms. The molecule has 0 radical (unpaired) electrons. The average Bonchev–Trinajstić information content (AvgIpc) is 2.63. The van der Waals surface area contributed by atoms with Gasteiger partial charge in [0.05, 0.1) is 0 Å². The van der Waals surface area contributed by atoms with E-state index in [2.05, 4.69) is 11.9 Å². The molecule has 1 fully saturated rings. The van der Waals surface area contributed by atoms with Crippen molar-refractivity contribution in [3.05, 3.63) is 23.3 Å². The Morgan fingerprint density at radius 1 is 1.25 bits per heavy atom. The van der Waals surface area contributed by atoms with Crippen molar-refractivity contribution < 1.29 is 10.2 Å². The minimum absolute atomic E-state index is 0.0172. The molecule has 0 aromatic heterocycles. The molecule has 3 nitrogen and oxygen atoms in total. The van der Waals surface area contributed by atoms with Gasteiger partial charge in [0.2, 0.25) is 0 Å². The van der Waals surface area contributed by atoms with Gasteiger partial charge in [0.1, 0.15) is 0 Å². The van der Waals surface area contributed by atoms with Crippen LogP contribution in [0.15, 0.2) is 12.1 Å². The summed E-state index contributed by atoms with van der Waals surface area (Å²) < 4.78 is 0. The van der Waals surface area contributed by atoms with E-state index in [-0.39, 0.29) is 11.5 Å². The van der Waals surface area contributed by atoms with Gasteiger partial charge in [-0.25, -0.2) is 0 Å². The normalized spacial score (nSPS) is 28.8. The number of likely N-dealkylation sites (tertiary alicyclic amines) is 1. The molecule has 1 heterocycles. The lowest BCUT2D eigenvalue weighted by molar-refractivity contribution is 0.375. The molecule has 1 aromatic rings. The summed E-state index contributed by atoms with van der Waals surface area (Å²) in [6, 6.07) is 3.61. The minimum Gasteiger partial charge on any atom is -0.504 e. The molecule has 0 saturated carbocycles. The quantitative estimate of drug-likeness (QED) is 0.653. The largest absolute Gasteiger partial charge is 0.504 e. The lowest BCUT2D eigenvalue weighted by Crippen LogP contribution is -2.18. The van der Waals surface area contributed by atoms with E-state index in [0.29, 0.717) is 5.92 Å². The van der Waals surface area contributed by atoms with Crippen LogP contribution in [0, 0.1) is 5.92 Å². The monoisotopic (exact) mass is 219 g/mol. The second kappa shape index (κ2) is 3.39. The highest BCUT2D eigenvalue weighted by atomic mass is 16.3. The van der Waals surface area contributed by atoms with E-state index in [4.69, 9.17) is 0 Å². The lowest BCUT2D eigenvalue weighted by atomic mass is 9.77. The van der Waals surface area contributed by atoms with Gasteiger partial charge >= 0.3 is 0 Å². The van der Waals surface area contributed by atoms with Crippen molar-refractivity contribution in [2.24, 2.45) is 5.92 Å². The van der Waals surface area contributed by atoms with Crippen molar-refractivity contribution in [3.63, 3.8) is 0 Å². The first-order valence-electron chi connectivity index (χ1n) is 5.89. The minimum atomic E-state index is 0.0172. The van der Waals surface area contributed by atoms with Crippen molar-refractivity contribution in [2.45, 2.75) is 18.8 Å². The van der Waals surface area contributed by atoms with Gasteiger partial charge in [0.15, 0.2) is 11.5 Å². The van der Waals surface area contributed by atoms with Gasteiger partial charge in [-0.3, -0.25) is 0 Å². The predicted octanol–water partition coefficient (Wildman–Crippen LogP) is 1.69. The summed E-state index contributed by atoms with van der Waals surface area (Å²) >= 11 is 0. The molecular weight excluding hydrogens is 202 g/mol. The Morgan fingerprint density at radius 3 is 2.88 bits per heavy atom. The van der Waals surface area contributed by atoms with Crippen LogP contribution in [0.5, 0.6) is 11.5 Å². The van der Waals surface area contributed by atoms with Gasteiger partial charge in [-0.05, 0) is 37.4 Å². The summed E-state index contributed by atoms with van der Waals surface area (Å²) in [6.07, 6.45) is 2.02. The maximum absolute atomic E-state index is 9.87. The molecule has 2 aliphatic rings. The summed E-state index contributed by atoms with van der Waals surface area (Å²) in [6.45, 7) is 2.23. The number of benzene rings is 1. The molecular formula is C13H17NO2. The Morgan fingerprint density at radius 2 is 2.06 bits per heavy atom. The Hall–Kier alpha value is -1.22. The first kappa shape index (κ1) is 9.97. The van der Waals surface area contributed by atoms with Crippen LogP contribution < -0.4 is 0 Å². The van der Waals surface area contributed by atoms with Crippen molar-refractivity contribution in [1.82, 2.24) is 4.90 Å². The van der Waals surface area contributed by atoms with Crippen molar-refractivity contribution >= 4 is 0 Å². The Bertz CT molecular complexity index is 430. The summed E-state index contributed by atoms with van der Waals surface area (Å²) in [5.74, 6) is 1.38. The molecule has 3 heteroatoms. The molecule has 2 N–H and O–H groups in total. The molecule has 16 heavy (non-hydrogen) atoms. The summed E-state index contributed by atoms with van der Waals surface area (Å²) in [7, 11) is 2.15. The number of hydrogen-bond acceptors (Lipinski definition) is 3. The highest BCUT2D eigenvalue weighted by Gasteiger charge is 2.37. The highest BCUT2D eigenvalue weighted by Crippen LogP contribution is 2.45. The van der Waals surface area contributed by atoms with Crippen LogP contribution in [0.3, 0.4) is 0 Å². The maximum atomic E-state index is 9.87. The summed E-state index contributed by atoms with van der Waals surface area (Å²) in [4.78, 5) is 2.36. The van der Waals surface area contributed by atoms with Crippen molar-refractivity contribution in [3.8, 4) is 11.5 Å². The van der Waals surface area contributed by atoms with Gasteiger partial charge < -0.3 is 15.1 Å². The topological polar surface area (TPSA) is 43.7 Å². The number of fused-ring (bicyclic) bond motifs is 3. The van der Waals surface area contributed by atoms with E-state index >= 15 is 0 Å². The van der Waals surface area contributed by atoms with E-state index < -0.39 is 0 Å². The summed E-state index contributed by atoms with van der Waals surface area (Å²) in [5.41, 5.74) is 2.22. The number of aromatic hydroxyl groups is 2. The van der Waals surface area contributed by atoms with Gasteiger partial charge in [-0.1, -0.05) is 6.07 Å². The van der Waals surface area contributed by atoms with E-state index in [9.17, 15) is 10.2 Å². The zero-order chi connectivity index (χ0) is 11.3. The molecule has 0 unspecified atom stereocenters. The number of phenols is 2. The van der Waals surface area contributed by atoms with Crippen molar-refractivity contribution in [2.75, 3.05) is 20.1 Å². The van der Waals surface area contributed by atoms with Crippen LogP contribution in [-0.4, -0.2) is 35.3 Å². The third kappa shape index (κ3) is 1.31. The number of rotatable bonds is 0. The van der Waals surface area contributed by atoms with Gasteiger partial charge in [0.25, 0.3) is 0 Å². The molecule has 0 spiro atoms. The van der Waals surface area contributed by atoms with Crippen molar-refractivity contribution in [1.29, 1.82) is 0 Å². The number of phenolic OH excluding ortho intramolecular Hbond substituents is 2. The molecule has 3 rings (SSSR count). The van der Waals surface area contributed by atoms with Crippen LogP contribution >= 0.6 is 0 Å². The average molecular weight is 219 g/mol. The zero-order valence-corrected chi connectivity index (χ0v) is 9.48. The highest BCUT2D eigenvalue weighted by molar-refractivity contribution is 5.51. The van der Waals surface area contributed by atoms with Gasteiger partial charge in [-0.2, -0.15) is 0 Å². The smallest absolute Gasteiger partial charge is 0.160 e. The van der Waals surface area contributed by atoms with Crippen LogP contribution in [0.1, 0.15) is 23.5 Å². The first-order chi connectivity index (χ1) is 7.66. The predicted molar refractivity (Wildman–Crippen MR) is 61.8 cm³/mol. The van der Waals surface area contributed by atoms with Gasteiger partial charge in [-0.15, -0.1) is 0 Å². The molecule has 1 saturated heterocycles. The molecule has 86 valence electrons. The van der Waals surface area contributed by atoms with Gasteiger partial charge in [0, 0.05) is 24.6 Å². The number of hydrogen-bond donors (Lipinski definition) is 2. The van der Waals surface area contributed by atoms with Crippen LogP contribution in [-0.2, 0) is 6.42 Å². The standard InChI is InChI=1S/C13H17NO2/c1-14-6-8-2-3-10-9(11(8)7-14)4-5-12(15)13(10)16/h4-5,8,11,15-16H,2-3,6-7H2,1H3/t8-,11+/m0/s1. The van der Waals surface area contributed by atoms with E-state index in [0.717, 1.165) is 37.4 Å². The third-order valence-electron chi connectivity index (χ3n) is 4.09. The van der Waals surface area contributed by atoms with Crippen LogP contribution in [0.2, 0.25) is 0 Å². The molecule has 1 aliphatic carbocycles.